The lowest BCUT2D eigenvalue weighted by Gasteiger charge is -2.36. The Bertz CT molecular complexity index is 1450. The summed E-state index contributed by atoms with van der Waals surface area (Å²) in [6, 6.07) is 22.8. The van der Waals surface area contributed by atoms with Gasteiger partial charge in [0.2, 0.25) is 5.91 Å². The van der Waals surface area contributed by atoms with Gasteiger partial charge in [-0.15, -0.1) is 0 Å². The van der Waals surface area contributed by atoms with E-state index in [4.69, 9.17) is 9.47 Å². The average Bonchev–Trinajstić information content (AvgIpc) is 3.06. The minimum atomic E-state index is -0.515. The van der Waals surface area contributed by atoms with E-state index in [9.17, 15) is 19.5 Å². The number of nitrogens with zero attached hydrogens (tertiary/aromatic N) is 2. The second kappa shape index (κ2) is 17.5. The molecule has 4 amide bonds. The maximum atomic E-state index is 14.3. The van der Waals surface area contributed by atoms with Gasteiger partial charge in [0.25, 0.3) is 5.91 Å². The van der Waals surface area contributed by atoms with Crippen molar-refractivity contribution in [1.29, 1.82) is 0 Å². The largest absolute Gasteiger partial charge is 0.490 e. The number of carbonyl (C=O) groups excluding carboxylic acids is 3. The number of urea groups is 1. The number of hydrogen-bond acceptors (Lipinski definition) is 6. The van der Waals surface area contributed by atoms with Crippen LogP contribution < -0.4 is 15.4 Å². The summed E-state index contributed by atoms with van der Waals surface area (Å²) in [6.45, 7) is 6.66. The summed E-state index contributed by atoms with van der Waals surface area (Å²) in [5.74, 6) is -0.115. The van der Waals surface area contributed by atoms with Crippen LogP contribution in [0.3, 0.4) is 0 Å². The van der Waals surface area contributed by atoms with Crippen molar-refractivity contribution in [3.05, 3.63) is 90.0 Å². The number of aliphatic hydroxyl groups is 1. The fourth-order valence-corrected chi connectivity index (χ4v) is 5.56. The second-order valence-corrected chi connectivity index (χ2v) is 12.4. The minimum Gasteiger partial charge on any atom is -0.490 e. The number of fused-ring (bicyclic) bond motifs is 1. The van der Waals surface area contributed by atoms with Gasteiger partial charge in [0.15, 0.2) is 0 Å². The summed E-state index contributed by atoms with van der Waals surface area (Å²) in [5, 5.41) is 15.8. The summed E-state index contributed by atoms with van der Waals surface area (Å²) < 4.78 is 12.7. The Kier molecular flexibility index (Phi) is 13.2. The number of nitrogens with one attached hydrogen (secondary N) is 2. The highest BCUT2D eigenvalue weighted by Gasteiger charge is 2.31. The van der Waals surface area contributed by atoms with Crippen LogP contribution in [0.25, 0.3) is 0 Å². The Morgan fingerprint density at radius 2 is 1.66 bits per heavy atom. The molecule has 3 N–H and O–H groups in total. The number of aliphatic hydroxyl groups excluding tert-OH is 1. The first kappa shape index (κ1) is 35.4. The number of para-hydroxylation sites is 1. The molecule has 0 bridgehead atoms. The topological polar surface area (TPSA) is 120 Å². The molecule has 10 nitrogen and oxygen atoms in total. The molecule has 1 aliphatic rings. The molecule has 4 rings (SSSR count). The zero-order valence-electron chi connectivity index (χ0n) is 27.9. The van der Waals surface area contributed by atoms with Crippen LogP contribution in [-0.2, 0) is 16.0 Å². The molecule has 0 aliphatic carbocycles. The van der Waals surface area contributed by atoms with E-state index in [0.717, 1.165) is 24.8 Å². The molecule has 0 fully saturated rings. The normalized spacial score (nSPS) is 19.8. The van der Waals surface area contributed by atoms with E-state index in [0.29, 0.717) is 36.7 Å². The van der Waals surface area contributed by atoms with Gasteiger partial charge in [-0.3, -0.25) is 9.59 Å². The fourth-order valence-electron chi connectivity index (χ4n) is 5.56. The van der Waals surface area contributed by atoms with Gasteiger partial charge in [-0.2, -0.15) is 0 Å². The number of likely N-dealkylation sites (N-methyl/N-ethyl adjacent to an activating group) is 1. The highest BCUT2D eigenvalue weighted by molar-refractivity contribution is 6.02. The molecule has 1 aliphatic heterocycles. The van der Waals surface area contributed by atoms with Gasteiger partial charge in [0.05, 0.1) is 36.8 Å². The predicted molar refractivity (Wildman–Crippen MR) is 184 cm³/mol. The molecule has 0 radical (unpaired) electrons. The Morgan fingerprint density at radius 1 is 0.979 bits per heavy atom. The molecule has 47 heavy (non-hydrogen) atoms. The first-order chi connectivity index (χ1) is 22.6. The van der Waals surface area contributed by atoms with E-state index in [1.807, 2.05) is 62.4 Å². The van der Waals surface area contributed by atoms with E-state index in [-0.39, 0.29) is 48.7 Å². The quantitative estimate of drug-likeness (QED) is 0.284. The van der Waals surface area contributed by atoms with Crippen LogP contribution in [0.1, 0.15) is 56.0 Å². The van der Waals surface area contributed by atoms with Crippen molar-refractivity contribution < 1.29 is 29.0 Å². The lowest BCUT2D eigenvalue weighted by atomic mass is 10.0. The van der Waals surface area contributed by atoms with E-state index >= 15 is 0 Å². The first-order valence-corrected chi connectivity index (χ1v) is 16.4. The SMILES string of the molecule is C[C@@H]1CCCCO[C@@H](CN(C)C(=O)Cc2ccccc2)[C@@H](C)CN([C@@H](C)CO)C(=O)c2cc(NC(=O)Nc3ccccc3)ccc2O1. The third-order valence-electron chi connectivity index (χ3n) is 8.42. The van der Waals surface area contributed by atoms with Gasteiger partial charge in [-0.05, 0) is 69.0 Å². The van der Waals surface area contributed by atoms with Crippen LogP contribution in [0.5, 0.6) is 5.75 Å². The summed E-state index contributed by atoms with van der Waals surface area (Å²) >= 11 is 0. The predicted octanol–water partition coefficient (Wildman–Crippen LogP) is 5.83. The molecule has 3 aromatic rings. The highest BCUT2D eigenvalue weighted by Crippen LogP contribution is 2.28. The Hall–Kier alpha value is -4.41. The van der Waals surface area contributed by atoms with E-state index < -0.39 is 12.1 Å². The van der Waals surface area contributed by atoms with Crippen molar-refractivity contribution >= 4 is 29.2 Å². The van der Waals surface area contributed by atoms with Gasteiger partial charge < -0.3 is 35.0 Å². The summed E-state index contributed by atoms with van der Waals surface area (Å²) in [7, 11) is 1.78. The molecule has 0 spiro atoms. The molecule has 252 valence electrons. The fraction of sp³-hybridized carbons (Fsp3) is 0.432. The standard InChI is InChI=1S/C37H48N4O6/c1-26-23-41(27(2)25-42)36(44)32-22-31(39-37(45)38-30-16-9-6-10-17-30)18-19-33(32)47-28(3)13-11-12-20-46-34(26)24-40(4)35(43)21-29-14-7-5-8-15-29/h5-10,14-19,22,26-28,34,42H,11-13,20-21,23-25H2,1-4H3,(H2,38,39,45)/t26-,27-,28+,34-/m0/s1. The smallest absolute Gasteiger partial charge is 0.323 e. The van der Waals surface area contributed by atoms with Crippen LogP contribution >= 0.6 is 0 Å². The molecule has 4 atom stereocenters. The maximum Gasteiger partial charge on any atom is 0.323 e. The van der Waals surface area contributed by atoms with E-state index in [1.54, 1.807) is 54.1 Å². The van der Waals surface area contributed by atoms with Crippen LogP contribution in [0.15, 0.2) is 78.9 Å². The van der Waals surface area contributed by atoms with Crippen LogP contribution in [0.4, 0.5) is 16.2 Å². The van der Waals surface area contributed by atoms with Crippen LogP contribution in [-0.4, -0.2) is 84.4 Å². The number of benzene rings is 3. The molecular formula is C37H48N4O6. The number of amides is 4. The molecule has 1 heterocycles. The highest BCUT2D eigenvalue weighted by atomic mass is 16.5. The third-order valence-corrected chi connectivity index (χ3v) is 8.42. The lowest BCUT2D eigenvalue weighted by molar-refractivity contribution is -0.131. The number of ether oxygens (including phenoxy) is 2. The van der Waals surface area contributed by atoms with Gasteiger partial charge >= 0.3 is 6.03 Å². The van der Waals surface area contributed by atoms with Gasteiger partial charge in [0.1, 0.15) is 5.75 Å². The monoisotopic (exact) mass is 644 g/mol. The molecule has 0 aromatic heterocycles. The van der Waals surface area contributed by atoms with E-state index in [1.165, 1.54) is 0 Å². The molecule has 0 saturated heterocycles. The van der Waals surface area contributed by atoms with Crippen molar-refractivity contribution in [2.45, 2.75) is 64.7 Å². The summed E-state index contributed by atoms with van der Waals surface area (Å²) in [4.78, 5) is 43.6. The number of anilines is 2. The Balaban J connectivity index is 1.58. The van der Waals surface area contributed by atoms with Crippen molar-refractivity contribution in [2.75, 3.05) is 44.0 Å². The van der Waals surface area contributed by atoms with Gasteiger partial charge in [0, 0.05) is 44.0 Å². The molecule has 10 heteroatoms. The Morgan fingerprint density at radius 3 is 2.36 bits per heavy atom. The van der Waals surface area contributed by atoms with Crippen molar-refractivity contribution in [3.8, 4) is 5.75 Å². The maximum absolute atomic E-state index is 14.3. The van der Waals surface area contributed by atoms with Gasteiger partial charge in [-0.25, -0.2) is 4.79 Å². The molecule has 0 unspecified atom stereocenters. The van der Waals surface area contributed by atoms with Crippen molar-refractivity contribution in [1.82, 2.24) is 9.80 Å². The van der Waals surface area contributed by atoms with Crippen LogP contribution in [0.2, 0.25) is 0 Å². The van der Waals surface area contributed by atoms with E-state index in [2.05, 4.69) is 10.6 Å². The number of carbonyl (C=O) groups is 3. The summed E-state index contributed by atoms with van der Waals surface area (Å²) in [5.41, 5.74) is 2.29. The van der Waals surface area contributed by atoms with Crippen molar-refractivity contribution in [3.63, 3.8) is 0 Å². The molecular weight excluding hydrogens is 596 g/mol. The van der Waals surface area contributed by atoms with Crippen molar-refractivity contribution in [2.24, 2.45) is 5.92 Å². The minimum absolute atomic E-state index is 0.0145. The Labute approximate surface area is 278 Å². The first-order valence-electron chi connectivity index (χ1n) is 16.4. The second-order valence-electron chi connectivity index (χ2n) is 12.4. The molecule has 3 aromatic carbocycles. The molecule has 0 saturated carbocycles. The zero-order chi connectivity index (χ0) is 33.8. The van der Waals surface area contributed by atoms with Crippen LogP contribution in [0, 0.1) is 5.92 Å². The average molecular weight is 645 g/mol. The number of rotatable bonds is 8. The zero-order valence-corrected chi connectivity index (χ0v) is 27.9. The van der Waals surface area contributed by atoms with Gasteiger partial charge in [-0.1, -0.05) is 55.5 Å². The lowest BCUT2D eigenvalue weighted by Crippen LogP contribution is -2.48. The number of hydrogen-bond donors (Lipinski definition) is 3. The third kappa shape index (κ3) is 10.6. The summed E-state index contributed by atoms with van der Waals surface area (Å²) in [6.07, 6.45) is 2.21.